The van der Waals surface area contributed by atoms with Crippen LogP contribution in [0.25, 0.3) is 16.6 Å². The van der Waals surface area contributed by atoms with Gasteiger partial charge in [0.05, 0.1) is 11.0 Å². The van der Waals surface area contributed by atoms with Gasteiger partial charge in [-0.1, -0.05) is 0 Å². The minimum atomic E-state index is 0.694. The van der Waals surface area contributed by atoms with Crippen LogP contribution in [0.15, 0.2) is 43.0 Å². The van der Waals surface area contributed by atoms with Crippen LogP contribution >= 0.6 is 0 Å². The van der Waals surface area contributed by atoms with Crippen molar-refractivity contribution in [2.24, 2.45) is 7.05 Å². The minimum absolute atomic E-state index is 0.694. The molecule has 116 valence electrons. The number of nitrogens with one attached hydrogen (secondary N) is 3. The second-order valence-corrected chi connectivity index (χ2v) is 4.98. The molecule has 0 fully saturated rings. The molecule has 3 rings (SSSR count). The zero-order valence-electron chi connectivity index (χ0n) is 12.9. The van der Waals surface area contributed by atoms with E-state index in [-0.39, 0.29) is 0 Å². The topological polar surface area (TPSA) is 91.5 Å². The first kappa shape index (κ1) is 14.7. The van der Waals surface area contributed by atoms with Crippen LogP contribution in [0.4, 0.5) is 11.8 Å². The lowest BCUT2D eigenvalue weighted by atomic mass is 10.1. The van der Waals surface area contributed by atoms with E-state index >= 15 is 0 Å². The molecule has 7 nitrogen and oxygen atoms in total. The third-order valence-electron chi connectivity index (χ3n) is 3.39. The minimum Gasteiger partial charge on any atom is -0.393 e. The van der Waals surface area contributed by atoms with E-state index in [4.69, 9.17) is 5.41 Å². The van der Waals surface area contributed by atoms with E-state index in [1.165, 1.54) is 6.21 Å². The van der Waals surface area contributed by atoms with Gasteiger partial charge in [-0.3, -0.25) is 4.98 Å². The molecular weight excluding hydrogens is 290 g/mol. The fourth-order valence-electron chi connectivity index (χ4n) is 2.20. The van der Waals surface area contributed by atoms with Gasteiger partial charge in [-0.2, -0.15) is 0 Å². The summed E-state index contributed by atoms with van der Waals surface area (Å²) in [5.74, 6) is 1.41. The van der Waals surface area contributed by atoms with Crippen LogP contribution in [0.3, 0.4) is 0 Å². The van der Waals surface area contributed by atoms with E-state index in [1.54, 1.807) is 25.6 Å². The van der Waals surface area contributed by atoms with Gasteiger partial charge >= 0.3 is 0 Å². The van der Waals surface area contributed by atoms with Gasteiger partial charge < -0.3 is 20.6 Å². The molecule has 0 aliphatic heterocycles. The predicted octanol–water partition coefficient (Wildman–Crippen LogP) is 2.32. The molecule has 0 aromatic carbocycles. The van der Waals surface area contributed by atoms with Gasteiger partial charge in [0.1, 0.15) is 5.82 Å². The van der Waals surface area contributed by atoms with E-state index in [2.05, 4.69) is 25.6 Å². The fourth-order valence-corrected chi connectivity index (χ4v) is 2.20. The number of nitrogens with zero attached hydrogens (tertiary/aromatic N) is 4. The first-order chi connectivity index (χ1) is 11.2. The Kier molecular flexibility index (Phi) is 4.01. The van der Waals surface area contributed by atoms with E-state index in [0.29, 0.717) is 5.82 Å². The molecule has 3 heterocycles. The number of hydrogen-bond acceptors (Lipinski definition) is 6. The zero-order chi connectivity index (χ0) is 16.2. The van der Waals surface area contributed by atoms with Crippen LogP contribution in [0.2, 0.25) is 0 Å². The molecule has 7 heteroatoms. The SMILES string of the molecule is CN/C=C(\C=N)c1cnc2ccc(Nc3nccn3C)nc2c1. The predicted molar refractivity (Wildman–Crippen MR) is 91.8 cm³/mol. The molecule has 3 aromatic heterocycles. The summed E-state index contributed by atoms with van der Waals surface area (Å²) >= 11 is 0. The van der Waals surface area contributed by atoms with Gasteiger partial charge in [-0.25, -0.2) is 9.97 Å². The molecule has 0 atom stereocenters. The van der Waals surface area contributed by atoms with Gasteiger partial charge in [0.2, 0.25) is 5.95 Å². The Balaban J connectivity index is 1.99. The van der Waals surface area contributed by atoms with Crippen molar-refractivity contribution in [2.45, 2.75) is 0 Å². The molecule has 23 heavy (non-hydrogen) atoms. The molecule has 3 aromatic rings. The second kappa shape index (κ2) is 6.27. The van der Waals surface area contributed by atoms with Crippen molar-refractivity contribution < 1.29 is 0 Å². The highest BCUT2D eigenvalue weighted by molar-refractivity contribution is 6.08. The maximum absolute atomic E-state index is 7.50. The van der Waals surface area contributed by atoms with Crippen LogP contribution in [0.1, 0.15) is 5.56 Å². The van der Waals surface area contributed by atoms with Crippen molar-refractivity contribution in [3.63, 3.8) is 0 Å². The Morgan fingerprint density at radius 3 is 2.83 bits per heavy atom. The summed E-state index contributed by atoms with van der Waals surface area (Å²) in [6.45, 7) is 0. The highest BCUT2D eigenvalue weighted by Crippen LogP contribution is 2.20. The Morgan fingerprint density at radius 2 is 2.13 bits per heavy atom. The molecule has 0 aliphatic rings. The molecule has 0 aliphatic carbocycles. The van der Waals surface area contributed by atoms with Gasteiger partial charge in [-0.15, -0.1) is 0 Å². The van der Waals surface area contributed by atoms with Crippen LogP contribution in [-0.4, -0.2) is 32.8 Å². The molecule has 0 saturated heterocycles. The molecule has 0 amide bonds. The van der Waals surface area contributed by atoms with Crippen molar-refractivity contribution in [2.75, 3.05) is 12.4 Å². The average molecular weight is 307 g/mol. The summed E-state index contributed by atoms with van der Waals surface area (Å²) < 4.78 is 1.88. The van der Waals surface area contributed by atoms with Crippen molar-refractivity contribution in [1.82, 2.24) is 24.8 Å². The highest BCUT2D eigenvalue weighted by Gasteiger charge is 2.06. The molecule has 0 unspecified atom stereocenters. The van der Waals surface area contributed by atoms with Crippen LogP contribution in [0, 0.1) is 5.41 Å². The lowest BCUT2D eigenvalue weighted by Crippen LogP contribution is -2.01. The third-order valence-corrected chi connectivity index (χ3v) is 3.39. The molecule has 0 bridgehead atoms. The Morgan fingerprint density at radius 1 is 1.26 bits per heavy atom. The average Bonchev–Trinajstić information content (AvgIpc) is 2.97. The number of imidazole rings is 1. The number of aromatic nitrogens is 4. The number of fused-ring (bicyclic) bond motifs is 1. The Hall–Kier alpha value is -3.22. The van der Waals surface area contributed by atoms with Gasteiger partial charge in [0.25, 0.3) is 0 Å². The summed E-state index contributed by atoms with van der Waals surface area (Å²) in [6.07, 6.45) is 8.37. The summed E-state index contributed by atoms with van der Waals surface area (Å²) in [4.78, 5) is 13.2. The number of aryl methyl sites for hydroxylation is 1. The van der Waals surface area contributed by atoms with Crippen molar-refractivity contribution in [3.8, 4) is 0 Å². The van der Waals surface area contributed by atoms with Crippen molar-refractivity contribution in [1.29, 1.82) is 5.41 Å². The molecule has 0 radical (unpaired) electrons. The Labute approximate surface area is 133 Å². The molecule has 0 spiro atoms. The van der Waals surface area contributed by atoms with Crippen LogP contribution in [0.5, 0.6) is 0 Å². The van der Waals surface area contributed by atoms with E-state index < -0.39 is 0 Å². The van der Waals surface area contributed by atoms with E-state index in [1.807, 2.05) is 36.0 Å². The Bertz CT molecular complexity index is 879. The summed E-state index contributed by atoms with van der Waals surface area (Å²) in [7, 11) is 3.71. The number of allylic oxidation sites excluding steroid dienone is 1. The summed E-state index contributed by atoms with van der Waals surface area (Å²) in [5.41, 5.74) is 3.13. The van der Waals surface area contributed by atoms with E-state index in [0.717, 1.165) is 28.1 Å². The van der Waals surface area contributed by atoms with Crippen molar-refractivity contribution >= 4 is 34.6 Å². The number of hydrogen-bond donors (Lipinski definition) is 3. The molecule has 0 saturated carbocycles. The van der Waals surface area contributed by atoms with Gasteiger partial charge in [0, 0.05) is 56.2 Å². The van der Waals surface area contributed by atoms with Crippen LogP contribution < -0.4 is 10.6 Å². The third kappa shape index (κ3) is 3.03. The standard InChI is InChI=1S/C16H17N7/c1-18-9-12(8-17)11-7-14-13(20-10-11)3-4-15(21-14)22-16-19-5-6-23(16)2/h3-10,17-18H,1-2H3,(H,19,21,22)/b12-9+,17-8?. The van der Waals surface area contributed by atoms with Gasteiger partial charge in [0.15, 0.2) is 0 Å². The maximum atomic E-state index is 7.50. The number of anilines is 2. The van der Waals surface area contributed by atoms with E-state index in [9.17, 15) is 0 Å². The summed E-state index contributed by atoms with van der Waals surface area (Å²) in [6, 6.07) is 5.69. The zero-order valence-corrected chi connectivity index (χ0v) is 12.9. The quantitative estimate of drug-likeness (QED) is 0.629. The lowest BCUT2D eigenvalue weighted by molar-refractivity contribution is 0.922. The molecule has 3 N–H and O–H groups in total. The van der Waals surface area contributed by atoms with Crippen LogP contribution in [-0.2, 0) is 7.05 Å². The number of pyridine rings is 2. The monoisotopic (exact) mass is 307 g/mol. The van der Waals surface area contributed by atoms with Gasteiger partial charge in [-0.05, 0) is 18.2 Å². The first-order valence-electron chi connectivity index (χ1n) is 7.10. The first-order valence-corrected chi connectivity index (χ1v) is 7.10. The summed E-state index contributed by atoms with van der Waals surface area (Å²) in [5, 5.41) is 13.6. The number of rotatable bonds is 5. The lowest BCUT2D eigenvalue weighted by Gasteiger charge is -2.07. The normalized spacial score (nSPS) is 11.5. The largest absolute Gasteiger partial charge is 0.393 e. The highest BCUT2D eigenvalue weighted by atomic mass is 15.2. The second-order valence-electron chi connectivity index (χ2n) is 4.98. The smallest absolute Gasteiger partial charge is 0.208 e. The molecular formula is C16H17N7. The maximum Gasteiger partial charge on any atom is 0.208 e. The van der Waals surface area contributed by atoms with Crippen molar-refractivity contribution in [3.05, 3.63) is 48.6 Å². The fraction of sp³-hybridized carbons (Fsp3) is 0.125.